The van der Waals surface area contributed by atoms with E-state index in [0.717, 1.165) is 25.7 Å². The number of hydrogen-bond donors (Lipinski definition) is 1. The number of benzene rings is 1. The van der Waals surface area contributed by atoms with Crippen LogP contribution in [0.3, 0.4) is 0 Å². The molecule has 4 rings (SSSR count). The molecular formula is C18H17Cl2N3O3. The number of amides is 4. The van der Waals surface area contributed by atoms with Crippen molar-refractivity contribution in [1.29, 1.82) is 0 Å². The maximum Gasteiger partial charge on any atom is 0.331 e. The van der Waals surface area contributed by atoms with Gasteiger partial charge in [0.2, 0.25) is 11.8 Å². The second kappa shape index (κ2) is 6.67. The molecule has 1 aromatic rings. The molecule has 0 spiro atoms. The molecule has 6 nitrogen and oxygen atoms in total. The van der Waals surface area contributed by atoms with Gasteiger partial charge in [-0.1, -0.05) is 29.6 Å². The number of hydrogen-bond acceptors (Lipinski definition) is 4. The minimum absolute atomic E-state index is 0.120. The highest BCUT2D eigenvalue weighted by Gasteiger charge is 2.50. The summed E-state index contributed by atoms with van der Waals surface area (Å²) in [6.07, 6.45) is 5.32. The van der Waals surface area contributed by atoms with E-state index in [1.807, 2.05) is 0 Å². The third-order valence-electron chi connectivity index (χ3n) is 5.49. The molecular weight excluding hydrogens is 377 g/mol. The van der Waals surface area contributed by atoms with Gasteiger partial charge in [-0.3, -0.25) is 24.8 Å². The molecule has 0 radical (unpaired) electrons. The number of fused-ring (bicyclic) bond motifs is 2. The third-order valence-corrected chi connectivity index (χ3v) is 5.92. The fourth-order valence-electron chi connectivity index (χ4n) is 4.35. The summed E-state index contributed by atoms with van der Waals surface area (Å²) in [6.45, 7) is 0. The predicted molar refractivity (Wildman–Crippen MR) is 97.7 cm³/mol. The number of aliphatic imine (C=N–C) groups is 1. The molecule has 3 aliphatic rings. The standard InChI is InChI=1S/C18H17Cl2N3O3/c19-11-5-12(20)7-13(6-11)21-8-14-16(24)22-18(26)23(17(14)25)15-4-9-1-2-10(15)3-9/h5-10,14-15H,1-4H2,(H,22,24,26)/t9-,10-,14-,15+/m0/s1. The van der Waals surface area contributed by atoms with Gasteiger partial charge < -0.3 is 0 Å². The van der Waals surface area contributed by atoms with Gasteiger partial charge in [0.15, 0.2) is 5.92 Å². The van der Waals surface area contributed by atoms with Crippen molar-refractivity contribution in [3.8, 4) is 0 Å². The van der Waals surface area contributed by atoms with Crippen molar-refractivity contribution in [2.75, 3.05) is 0 Å². The number of urea groups is 1. The van der Waals surface area contributed by atoms with Gasteiger partial charge in [-0.05, 0) is 49.3 Å². The van der Waals surface area contributed by atoms with Gasteiger partial charge in [-0.2, -0.15) is 0 Å². The molecule has 0 aromatic heterocycles. The number of imide groups is 2. The number of carbonyl (C=O) groups is 3. The van der Waals surface area contributed by atoms with E-state index in [9.17, 15) is 14.4 Å². The van der Waals surface area contributed by atoms with E-state index >= 15 is 0 Å². The first-order chi connectivity index (χ1) is 12.4. The average Bonchev–Trinajstić information content (AvgIpc) is 3.16. The topological polar surface area (TPSA) is 78.8 Å². The van der Waals surface area contributed by atoms with Gasteiger partial charge in [-0.25, -0.2) is 4.79 Å². The van der Waals surface area contributed by atoms with E-state index < -0.39 is 23.8 Å². The number of rotatable bonds is 3. The largest absolute Gasteiger partial charge is 0.331 e. The van der Waals surface area contributed by atoms with Crippen molar-refractivity contribution in [2.45, 2.75) is 31.7 Å². The summed E-state index contributed by atoms with van der Waals surface area (Å²) in [5.41, 5.74) is 0.437. The van der Waals surface area contributed by atoms with Crippen LogP contribution in [0.5, 0.6) is 0 Å². The first-order valence-electron chi connectivity index (χ1n) is 8.60. The molecule has 1 heterocycles. The molecule has 2 bridgehead atoms. The first kappa shape index (κ1) is 17.5. The average molecular weight is 394 g/mol. The van der Waals surface area contributed by atoms with Crippen molar-refractivity contribution >= 4 is 52.9 Å². The highest BCUT2D eigenvalue weighted by Crippen LogP contribution is 2.47. The second-order valence-corrected chi connectivity index (χ2v) is 8.00. The lowest BCUT2D eigenvalue weighted by atomic mass is 9.92. The molecule has 1 aromatic carbocycles. The Bertz CT molecular complexity index is 806. The highest BCUT2D eigenvalue weighted by atomic mass is 35.5. The Labute approximate surface area is 160 Å². The molecule has 1 aliphatic heterocycles. The van der Waals surface area contributed by atoms with Crippen LogP contribution in [-0.4, -0.2) is 35.0 Å². The van der Waals surface area contributed by atoms with E-state index in [2.05, 4.69) is 10.3 Å². The van der Waals surface area contributed by atoms with Gasteiger partial charge in [0, 0.05) is 22.3 Å². The molecule has 26 heavy (non-hydrogen) atoms. The van der Waals surface area contributed by atoms with Crippen LogP contribution in [0.1, 0.15) is 25.7 Å². The van der Waals surface area contributed by atoms with Crippen molar-refractivity contribution < 1.29 is 14.4 Å². The Hall–Kier alpha value is -1.92. The van der Waals surface area contributed by atoms with Gasteiger partial charge in [-0.15, -0.1) is 0 Å². The summed E-state index contributed by atoms with van der Waals surface area (Å²) in [4.78, 5) is 42.7. The molecule has 2 aliphatic carbocycles. The van der Waals surface area contributed by atoms with E-state index in [-0.39, 0.29) is 6.04 Å². The first-order valence-corrected chi connectivity index (χ1v) is 9.36. The number of nitrogens with zero attached hydrogens (tertiary/aromatic N) is 2. The van der Waals surface area contributed by atoms with Crippen LogP contribution < -0.4 is 5.32 Å². The fourth-order valence-corrected chi connectivity index (χ4v) is 4.87. The number of nitrogens with one attached hydrogen (secondary N) is 1. The van der Waals surface area contributed by atoms with Gasteiger partial charge in [0.25, 0.3) is 0 Å². The SMILES string of the molecule is O=C1NC(=O)N([C@@H]2C[C@H]3CC[C@H]2C3)C(=O)[C@H]1C=Nc1cc(Cl)cc(Cl)c1. The van der Waals surface area contributed by atoms with Gasteiger partial charge in [0.1, 0.15) is 0 Å². The van der Waals surface area contributed by atoms with Crippen LogP contribution in [-0.2, 0) is 9.59 Å². The molecule has 4 atom stereocenters. The van der Waals surface area contributed by atoms with E-state index in [4.69, 9.17) is 23.2 Å². The van der Waals surface area contributed by atoms with Gasteiger partial charge >= 0.3 is 6.03 Å². The Balaban J connectivity index is 1.57. The van der Waals surface area contributed by atoms with E-state index in [1.54, 1.807) is 18.2 Å². The second-order valence-electron chi connectivity index (χ2n) is 7.13. The molecule has 8 heteroatoms. The van der Waals surface area contributed by atoms with Crippen LogP contribution in [0.4, 0.5) is 10.5 Å². The van der Waals surface area contributed by atoms with Crippen molar-refractivity contribution in [3.05, 3.63) is 28.2 Å². The lowest BCUT2D eigenvalue weighted by Gasteiger charge is -2.36. The van der Waals surface area contributed by atoms with E-state index in [1.165, 1.54) is 11.1 Å². The summed E-state index contributed by atoms with van der Waals surface area (Å²) in [5, 5.41) is 3.10. The molecule has 2 saturated carbocycles. The molecule has 3 fully saturated rings. The van der Waals surface area contributed by atoms with Crippen molar-refractivity contribution in [1.82, 2.24) is 10.2 Å². The third kappa shape index (κ3) is 3.12. The summed E-state index contributed by atoms with van der Waals surface area (Å²) in [5.74, 6) is -1.38. The Kier molecular flexibility index (Phi) is 4.49. The summed E-state index contributed by atoms with van der Waals surface area (Å²) in [7, 11) is 0. The molecule has 4 amide bonds. The Morgan fingerprint density at radius 1 is 1.08 bits per heavy atom. The maximum atomic E-state index is 12.9. The summed E-state index contributed by atoms with van der Waals surface area (Å²) >= 11 is 11.9. The zero-order chi connectivity index (χ0) is 18.4. The Morgan fingerprint density at radius 3 is 2.42 bits per heavy atom. The number of halogens is 2. The fraction of sp³-hybridized carbons (Fsp3) is 0.444. The number of barbiturate groups is 1. The number of carbonyl (C=O) groups excluding carboxylic acids is 3. The van der Waals surface area contributed by atoms with Crippen molar-refractivity contribution in [2.24, 2.45) is 22.7 Å². The molecule has 0 unspecified atom stereocenters. The van der Waals surface area contributed by atoms with Crippen LogP contribution in [0.25, 0.3) is 0 Å². The summed E-state index contributed by atoms with van der Waals surface area (Å²) < 4.78 is 0. The Morgan fingerprint density at radius 2 is 1.81 bits per heavy atom. The van der Waals surface area contributed by atoms with Crippen molar-refractivity contribution in [3.63, 3.8) is 0 Å². The minimum atomic E-state index is -1.13. The quantitative estimate of drug-likeness (QED) is 0.629. The lowest BCUT2D eigenvalue weighted by molar-refractivity contribution is -0.141. The normalized spacial score (nSPS) is 31.2. The predicted octanol–water partition coefficient (Wildman–Crippen LogP) is 3.58. The maximum absolute atomic E-state index is 12.9. The van der Waals surface area contributed by atoms with E-state index in [0.29, 0.717) is 27.6 Å². The highest BCUT2D eigenvalue weighted by molar-refractivity contribution is 6.35. The van der Waals surface area contributed by atoms with Crippen LogP contribution in [0.15, 0.2) is 23.2 Å². The van der Waals surface area contributed by atoms with Crippen LogP contribution >= 0.6 is 23.2 Å². The van der Waals surface area contributed by atoms with Gasteiger partial charge in [0.05, 0.1) is 5.69 Å². The van der Waals surface area contributed by atoms with Crippen LogP contribution in [0, 0.1) is 17.8 Å². The van der Waals surface area contributed by atoms with Crippen LogP contribution in [0.2, 0.25) is 10.0 Å². The monoisotopic (exact) mass is 393 g/mol. The molecule has 1 saturated heterocycles. The lowest BCUT2D eigenvalue weighted by Crippen LogP contribution is -2.62. The zero-order valence-corrected chi connectivity index (χ0v) is 15.3. The smallest absolute Gasteiger partial charge is 0.277 e. The zero-order valence-electron chi connectivity index (χ0n) is 13.8. The molecule has 136 valence electrons. The minimum Gasteiger partial charge on any atom is -0.277 e. The molecule has 1 N–H and O–H groups in total. The summed E-state index contributed by atoms with van der Waals surface area (Å²) in [6, 6.07) is 3.98.